The van der Waals surface area contributed by atoms with E-state index in [0.717, 1.165) is 16.7 Å². The fourth-order valence-corrected chi connectivity index (χ4v) is 1.89. The molecule has 3 N–H and O–H groups in total. The van der Waals surface area contributed by atoms with Gasteiger partial charge in [0.05, 0.1) is 11.2 Å². The molecule has 2 aromatic rings. The van der Waals surface area contributed by atoms with Crippen LogP contribution in [0.2, 0.25) is 5.02 Å². The van der Waals surface area contributed by atoms with Gasteiger partial charge >= 0.3 is 0 Å². The van der Waals surface area contributed by atoms with Gasteiger partial charge in [0.1, 0.15) is 0 Å². The second-order valence-electron chi connectivity index (χ2n) is 3.84. The van der Waals surface area contributed by atoms with Gasteiger partial charge in [0.2, 0.25) is 0 Å². The topological polar surface area (TPSA) is 50.4 Å². The zero-order valence-corrected chi connectivity index (χ0v) is 11.6. The van der Waals surface area contributed by atoms with Crippen molar-refractivity contribution < 1.29 is 0 Å². The van der Waals surface area contributed by atoms with E-state index in [0.29, 0.717) is 5.02 Å². The molecule has 0 heterocycles. The van der Waals surface area contributed by atoms with Crippen molar-refractivity contribution >= 4 is 35.1 Å². The Morgan fingerprint density at radius 3 is 2.53 bits per heavy atom. The van der Waals surface area contributed by atoms with Crippen molar-refractivity contribution in [1.82, 2.24) is 5.43 Å². The van der Waals surface area contributed by atoms with E-state index >= 15 is 0 Å². The number of hydrogen-bond donors (Lipinski definition) is 2. The van der Waals surface area contributed by atoms with Crippen LogP contribution in [0.4, 0.5) is 0 Å². The molecule has 0 atom stereocenters. The van der Waals surface area contributed by atoms with E-state index in [1.54, 1.807) is 6.21 Å². The molecule has 0 aliphatic carbocycles. The molecule has 2 rings (SSSR count). The molecular formula is C14H12ClN3S. The molecule has 0 aliphatic heterocycles. The molecule has 0 spiro atoms. The quantitative estimate of drug-likeness (QED) is 0.518. The zero-order chi connectivity index (χ0) is 13.7. The highest BCUT2D eigenvalue weighted by Crippen LogP contribution is 2.24. The standard InChI is InChI=1S/C14H12ClN3S/c15-13-8-11(10-4-2-1-3-5-10)6-7-12(13)9-17-18-14(16)19/h1-9H,(H3,16,18,19). The normalized spacial score (nSPS) is 10.6. The van der Waals surface area contributed by atoms with Crippen LogP contribution in [0.15, 0.2) is 53.6 Å². The maximum absolute atomic E-state index is 6.21. The molecule has 0 saturated heterocycles. The lowest BCUT2D eigenvalue weighted by molar-refractivity contribution is 1.04. The minimum Gasteiger partial charge on any atom is -0.375 e. The number of benzene rings is 2. The number of halogens is 1. The molecule has 0 saturated carbocycles. The maximum Gasteiger partial charge on any atom is 0.184 e. The third-order valence-electron chi connectivity index (χ3n) is 2.49. The molecule has 0 aromatic heterocycles. The Kier molecular flexibility index (Phi) is 4.49. The number of nitrogens with one attached hydrogen (secondary N) is 1. The summed E-state index contributed by atoms with van der Waals surface area (Å²) < 4.78 is 0. The summed E-state index contributed by atoms with van der Waals surface area (Å²) in [6.07, 6.45) is 1.58. The minimum absolute atomic E-state index is 0.119. The van der Waals surface area contributed by atoms with Crippen LogP contribution in [0.25, 0.3) is 11.1 Å². The molecule has 2 aromatic carbocycles. The van der Waals surface area contributed by atoms with Gasteiger partial charge < -0.3 is 5.73 Å². The summed E-state index contributed by atoms with van der Waals surface area (Å²) in [5, 5.41) is 4.62. The van der Waals surface area contributed by atoms with Crippen LogP contribution in [0.5, 0.6) is 0 Å². The average molecular weight is 290 g/mol. The third kappa shape index (κ3) is 3.77. The molecule has 19 heavy (non-hydrogen) atoms. The minimum atomic E-state index is 0.119. The number of rotatable bonds is 3. The summed E-state index contributed by atoms with van der Waals surface area (Å²) in [6, 6.07) is 15.8. The summed E-state index contributed by atoms with van der Waals surface area (Å²) in [7, 11) is 0. The molecule has 0 amide bonds. The molecule has 0 fully saturated rings. The summed E-state index contributed by atoms with van der Waals surface area (Å²) >= 11 is 10.9. The van der Waals surface area contributed by atoms with Crippen molar-refractivity contribution in [2.75, 3.05) is 0 Å². The zero-order valence-electron chi connectivity index (χ0n) is 10.0. The van der Waals surface area contributed by atoms with E-state index in [1.165, 1.54) is 0 Å². The van der Waals surface area contributed by atoms with Gasteiger partial charge in [0.25, 0.3) is 0 Å². The molecule has 0 aliphatic rings. The van der Waals surface area contributed by atoms with Crippen molar-refractivity contribution in [2.45, 2.75) is 0 Å². The maximum atomic E-state index is 6.21. The number of nitrogens with zero attached hydrogens (tertiary/aromatic N) is 1. The molecule has 0 unspecified atom stereocenters. The van der Waals surface area contributed by atoms with E-state index in [1.807, 2.05) is 48.5 Å². The van der Waals surface area contributed by atoms with Gasteiger partial charge in [-0.3, -0.25) is 5.43 Å². The number of hydrazone groups is 1. The van der Waals surface area contributed by atoms with Gasteiger partial charge in [-0.25, -0.2) is 0 Å². The second-order valence-corrected chi connectivity index (χ2v) is 4.68. The molecule has 5 heteroatoms. The highest BCUT2D eigenvalue weighted by atomic mass is 35.5. The van der Waals surface area contributed by atoms with Crippen LogP contribution in [0, 0.1) is 0 Å². The van der Waals surface area contributed by atoms with E-state index < -0.39 is 0 Å². The highest BCUT2D eigenvalue weighted by Gasteiger charge is 2.01. The number of nitrogens with two attached hydrogens (primary N) is 1. The van der Waals surface area contributed by atoms with Gasteiger partial charge in [-0.1, -0.05) is 54.1 Å². The van der Waals surface area contributed by atoms with Crippen LogP contribution in [0.1, 0.15) is 5.56 Å². The van der Waals surface area contributed by atoms with Gasteiger partial charge in [0.15, 0.2) is 5.11 Å². The first kappa shape index (κ1) is 13.5. The van der Waals surface area contributed by atoms with E-state index in [4.69, 9.17) is 17.3 Å². The fraction of sp³-hybridized carbons (Fsp3) is 0. The van der Waals surface area contributed by atoms with Crippen molar-refractivity contribution in [2.24, 2.45) is 10.8 Å². The lowest BCUT2D eigenvalue weighted by atomic mass is 10.0. The van der Waals surface area contributed by atoms with Crippen LogP contribution < -0.4 is 11.2 Å². The molecule has 96 valence electrons. The van der Waals surface area contributed by atoms with Gasteiger partial charge in [-0.2, -0.15) is 5.10 Å². The first-order valence-corrected chi connectivity index (χ1v) is 6.39. The summed E-state index contributed by atoms with van der Waals surface area (Å²) in [4.78, 5) is 0. The first-order chi connectivity index (χ1) is 9.16. The smallest absolute Gasteiger partial charge is 0.184 e. The Morgan fingerprint density at radius 2 is 1.89 bits per heavy atom. The van der Waals surface area contributed by atoms with E-state index in [-0.39, 0.29) is 5.11 Å². The second kappa shape index (κ2) is 6.31. The molecule has 0 bridgehead atoms. The van der Waals surface area contributed by atoms with Crippen molar-refractivity contribution in [3.63, 3.8) is 0 Å². The van der Waals surface area contributed by atoms with Crippen LogP contribution in [-0.2, 0) is 0 Å². The average Bonchev–Trinajstić information content (AvgIpc) is 2.41. The Morgan fingerprint density at radius 1 is 1.16 bits per heavy atom. The molecule has 3 nitrogen and oxygen atoms in total. The Hall–Kier alpha value is -1.91. The lowest BCUT2D eigenvalue weighted by Crippen LogP contribution is -2.24. The number of hydrogen-bond acceptors (Lipinski definition) is 2. The van der Waals surface area contributed by atoms with Crippen molar-refractivity contribution in [3.05, 3.63) is 59.1 Å². The Balaban J connectivity index is 2.23. The number of thiocarbonyl (C=S) groups is 1. The van der Waals surface area contributed by atoms with Gasteiger partial charge in [0, 0.05) is 5.56 Å². The van der Waals surface area contributed by atoms with Crippen molar-refractivity contribution in [3.8, 4) is 11.1 Å². The van der Waals surface area contributed by atoms with Gasteiger partial charge in [-0.05, 0) is 29.4 Å². The van der Waals surface area contributed by atoms with Crippen LogP contribution in [0.3, 0.4) is 0 Å². The summed E-state index contributed by atoms with van der Waals surface area (Å²) in [5.74, 6) is 0. The Labute approximate surface area is 122 Å². The van der Waals surface area contributed by atoms with Gasteiger partial charge in [-0.15, -0.1) is 0 Å². The lowest BCUT2D eigenvalue weighted by Gasteiger charge is -2.04. The monoisotopic (exact) mass is 289 g/mol. The first-order valence-electron chi connectivity index (χ1n) is 5.60. The molecular weight excluding hydrogens is 278 g/mol. The highest BCUT2D eigenvalue weighted by molar-refractivity contribution is 7.80. The van der Waals surface area contributed by atoms with Crippen LogP contribution in [-0.4, -0.2) is 11.3 Å². The SMILES string of the molecule is NC(=S)NN=Cc1ccc(-c2ccccc2)cc1Cl. The molecule has 0 radical (unpaired) electrons. The predicted molar refractivity (Wildman–Crippen MR) is 84.4 cm³/mol. The van der Waals surface area contributed by atoms with Crippen molar-refractivity contribution in [1.29, 1.82) is 0 Å². The predicted octanol–water partition coefficient (Wildman–Crippen LogP) is 3.17. The summed E-state index contributed by atoms with van der Waals surface area (Å²) in [6.45, 7) is 0. The summed E-state index contributed by atoms with van der Waals surface area (Å²) in [5.41, 5.74) is 10.7. The fourth-order valence-electron chi connectivity index (χ4n) is 1.61. The third-order valence-corrected chi connectivity index (χ3v) is 2.90. The largest absolute Gasteiger partial charge is 0.375 e. The Bertz CT molecular complexity index is 611. The van der Waals surface area contributed by atoms with E-state index in [9.17, 15) is 0 Å². The van der Waals surface area contributed by atoms with Crippen LogP contribution >= 0.6 is 23.8 Å². The van der Waals surface area contributed by atoms with E-state index in [2.05, 4.69) is 22.7 Å².